The van der Waals surface area contributed by atoms with Gasteiger partial charge in [-0.2, -0.15) is 13.2 Å². The molecule has 3 nitrogen and oxygen atoms in total. The molecule has 0 unspecified atom stereocenters. The Morgan fingerprint density at radius 3 is 2.35 bits per heavy atom. The summed E-state index contributed by atoms with van der Waals surface area (Å²) in [5, 5.41) is 1.99. The van der Waals surface area contributed by atoms with Crippen molar-refractivity contribution in [2.75, 3.05) is 18.5 Å². The van der Waals surface area contributed by atoms with Gasteiger partial charge in [0.2, 0.25) is 0 Å². The van der Waals surface area contributed by atoms with Crippen LogP contribution in [0.15, 0.2) is 18.3 Å². The minimum Gasteiger partial charge on any atom is -0.303 e. The predicted molar refractivity (Wildman–Crippen MR) is 58.3 cm³/mol. The molecule has 1 aromatic rings. The van der Waals surface area contributed by atoms with Crippen LogP contribution in [0.1, 0.15) is 24.8 Å². The summed E-state index contributed by atoms with van der Waals surface area (Å²) in [4.78, 5) is 3.77. The number of aromatic nitrogens is 1. The Bertz CT molecular complexity index is 355. The number of rotatable bonds is 2. The highest BCUT2D eigenvalue weighted by atomic mass is 19.4. The summed E-state index contributed by atoms with van der Waals surface area (Å²) in [6.45, 7) is 1.81. The van der Waals surface area contributed by atoms with Gasteiger partial charge in [-0.1, -0.05) is 6.42 Å². The van der Waals surface area contributed by atoms with Crippen LogP contribution in [0.4, 0.5) is 19.0 Å². The highest BCUT2D eigenvalue weighted by Gasteiger charge is 2.30. The van der Waals surface area contributed by atoms with E-state index < -0.39 is 11.7 Å². The summed E-state index contributed by atoms with van der Waals surface area (Å²) in [5.74, 6) is 0.458. The van der Waals surface area contributed by atoms with Gasteiger partial charge in [0.05, 0.1) is 5.56 Å². The highest BCUT2D eigenvalue weighted by Crippen LogP contribution is 2.28. The van der Waals surface area contributed by atoms with Crippen molar-refractivity contribution < 1.29 is 13.2 Å². The normalized spacial score (nSPS) is 18.1. The van der Waals surface area contributed by atoms with Gasteiger partial charge in [0.1, 0.15) is 5.82 Å². The number of halogens is 3. The predicted octanol–water partition coefficient (Wildman–Crippen LogP) is 2.91. The first-order valence-electron chi connectivity index (χ1n) is 5.60. The van der Waals surface area contributed by atoms with Gasteiger partial charge in [0, 0.05) is 19.3 Å². The van der Waals surface area contributed by atoms with Gasteiger partial charge in [-0.05, 0) is 25.0 Å². The number of hydrogen-bond donors (Lipinski definition) is 1. The smallest absolute Gasteiger partial charge is 0.303 e. The van der Waals surface area contributed by atoms with Crippen molar-refractivity contribution in [2.24, 2.45) is 0 Å². The van der Waals surface area contributed by atoms with E-state index in [1.165, 1.54) is 12.5 Å². The first-order valence-corrected chi connectivity index (χ1v) is 5.60. The van der Waals surface area contributed by atoms with E-state index in [9.17, 15) is 13.2 Å². The number of nitrogens with zero attached hydrogens (tertiary/aromatic N) is 2. The molecule has 0 atom stereocenters. The Kier molecular flexibility index (Phi) is 3.51. The van der Waals surface area contributed by atoms with Gasteiger partial charge in [0.25, 0.3) is 0 Å². The van der Waals surface area contributed by atoms with E-state index in [0.717, 1.165) is 38.2 Å². The highest BCUT2D eigenvalue weighted by molar-refractivity contribution is 5.35. The molecule has 1 fully saturated rings. The lowest BCUT2D eigenvalue weighted by molar-refractivity contribution is -0.137. The molecule has 1 N–H and O–H groups in total. The van der Waals surface area contributed by atoms with Crippen molar-refractivity contribution in [1.82, 2.24) is 9.99 Å². The zero-order valence-corrected chi connectivity index (χ0v) is 9.30. The van der Waals surface area contributed by atoms with Crippen molar-refractivity contribution in [1.29, 1.82) is 0 Å². The fourth-order valence-corrected chi connectivity index (χ4v) is 1.80. The molecular weight excluding hydrogens is 231 g/mol. The third-order valence-electron chi connectivity index (χ3n) is 2.72. The van der Waals surface area contributed by atoms with Crippen molar-refractivity contribution in [3.63, 3.8) is 0 Å². The van der Waals surface area contributed by atoms with Gasteiger partial charge in [-0.3, -0.25) is 0 Å². The van der Waals surface area contributed by atoms with E-state index in [1.807, 2.05) is 5.01 Å². The van der Waals surface area contributed by atoms with Crippen LogP contribution in [-0.4, -0.2) is 23.1 Å². The lowest BCUT2D eigenvalue weighted by Crippen LogP contribution is -2.35. The van der Waals surface area contributed by atoms with Crippen molar-refractivity contribution in [3.05, 3.63) is 23.9 Å². The summed E-state index contributed by atoms with van der Waals surface area (Å²) in [6, 6.07) is 2.40. The van der Waals surface area contributed by atoms with Crippen LogP contribution >= 0.6 is 0 Å². The number of piperidine rings is 1. The van der Waals surface area contributed by atoms with Gasteiger partial charge in [-0.15, -0.1) is 0 Å². The lowest BCUT2D eigenvalue weighted by atomic mass is 10.2. The third kappa shape index (κ3) is 3.33. The molecule has 0 bridgehead atoms. The summed E-state index contributed by atoms with van der Waals surface area (Å²) in [6.07, 6.45) is -0.0528. The van der Waals surface area contributed by atoms with E-state index >= 15 is 0 Å². The van der Waals surface area contributed by atoms with Crippen LogP contribution in [0.2, 0.25) is 0 Å². The topological polar surface area (TPSA) is 28.2 Å². The van der Waals surface area contributed by atoms with Crippen LogP contribution in [0, 0.1) is 0 Å². The Labute approximate surface area is 97.6 Å². The van der Waals surface area contributed by atoms with E-state index in [1.54, 1.807) is 0 Å². The number of hydrogen-bond acceptors (Lipinski definition) is 3. The average molecular weight is 245 g/mol. The molecule has 1 aliphatic heterocycles. The fourth-order valence-electron chi connectivity index (χ4n) is 1.80. The Hall–Kier alpha value is -1.30. The molecule has 0 radical (unpaired) electrons. The molecule has 0 amide bonds. The number of nitrogens with one attached hydrogen (secondary N) is 1. The molecule has 2 rings (SSSR count). The zero-order valence-electron chi connectivity index (χ0n) is 9.30. The summed E-state index contributed by atoms with van der Waals surface area (Å²) >= 11 is 0. The Morgan fingerprint density at radius 1 is 1.12 bits per heavy atom. The second-order valence-electron chi connectivity index (χ2n) is 4.09. The van der Waals surface area contributed by atoms with Gasteiger partial charge >= 0.3 is 6.18 Å². The van der Waals surface area contributed by atoms with E-state index in [4.69, 9.17) is 0 Å². The van der Waals surface area contributed by atoms with Crippen molar-refractivity contribution in [3.8, 4) is 0 Å². The van der Waals surface area contributed by atoms with Crippen molar-refractivity contribution in [2.45, 2.75) is 25.4 Å². The number of pyridine rings is 1. The van der Waals surface area contributed by atoms with Crippen LogP contribution in [0.5, 0.6) is 0 Å². The molecule has 6 heteroatoms. The molecule has 0 aromatic carbocycles. The maximum absolute atomic E-state index is 12.3. The van der Waals surface area contributed by atoms with E-state index in [0.29, 0.717) is 5.82 Å². The number of anilines is 1. The molecule has 1 aliphatic rings. The lowest BCUT2D eigenvalue weighted by Gasteiger charge is -2.27. The molecule has 1 saturated heterocycles. The fraction of sp³-hybridized carbons (Fsp3) is 0.545. The van der Waals surface area contributed by atoms with Gasteiger partial charge in [-0.25, -0.2) is 9.99 Å². The maximum Gasteiger partial charge on any atom is 0.417 e. The monoisotopic (exact) mass is 245 g/mol. The van der Waals surface area contributed by atoms with Crippen LogP contribution in [-0.2, 0) is 6.18 Å². The first-order chi connectivity index (χ1) is 8.05. The quantitative estimate of drug-likeness (QED) is 0.868. The molecule has 0 aliphatic carbocycles. The Morgan fingerprint density at radius 2 is 1.82 bits per heavy atom. The molecule has 0 saturated carbocycles. The second-order valence-corrected chi connectivity index (χ2v) is 4.09. The Balaban J connectivity index is 1.98. The zero-order chi connectivity index (χ0) is 12.3. The van der Waals surface area contributed by atoms with Gasteiger partial charge in [0.15, 0.2) is 0 Å². The minimum atomic E-state index is -4.32. The molecule has 1 aromatic heterocycles. The molecule has 94 valence electrons. The molecular formula is C11H14F3N3. The molecule has 0 spiro atoms. The summed E-state index contributed by atoms with van der Waals surface area (Å²) < 4.78 is 36.9. The number of hydrazine groups is 1. The average Bonchev–Trinajstić information content (AvgIpc) is 2.30. The molecule has 2 heterocycles. The van der Waals surface area contributed by atoms with Crippen molar-refractivity contribution >= 4 is 5.82 Å². The van der Waals surface area contributed by atoms with E-state index in [-0.39, 0.29) is 0 Å². The summed E-state index contributed by atoms with van der Waals surface area (Å²) in [7, 11) is 0. The summed E-state index contributed by atoms with van der Waals surface area (Å²) in [5.41, 5.74) is 2.29. The standard InChI is InChI=1S/C11H14F3N3/c12-11(13,14)9-4-5-10(15-8-9)16-17-6-2-1-3-7-17/h4-5,8H,1-3,6-7H2,(H,15,16). The maximum atomic E-state index is 12.3. The SMILES string of the molecule is FC(F)(F)c1ccc(NN2CCCCC2)nc1. The van der Waals surface area contributed by atoms with Crippen LogP contribution in [0.3, 0.4) is 0 Å². The number of alkyl halides is 3. The largest absolute Gasteiger partial charge is 0.417 e. The van der Waals surface area contributed by atoms with Gasteiger partial charge < -0.3 is 5.43 Å². The molecule has 17 heavy (non-hydrogen) atoms. The van der Waals surface area contributed by atoms with E-state index in [2.05, 4.69) is 10.4 Å². The second kappa shape index (κ2) is 4.91. The van der Waals surface area contributed by atoms with Crippen LogP contribution in [0.25, 0.3) is 0 Å². The van der Waals surface area contributed by atoms with Crippen LogP contribution < -0.4 is 5.43 Å². The minimum absolute atomic E-state index is 0.458. The first kappa shape index (κ1) is 12.2. The third-order valence-corrected chi connectivity index (χ3v) is 2.72.